The summed E-state index contributed by atoms with van der Waals surface area (Å²) >= 11 is 1.84. The Kier molecular flexibility index (Phi) is 7.64. The van der Waals surface area contributed by atoms with Crippen molar-refractivity contribution in [3.05, 3.63) is 188 Å². The number of para-hydroxylation sites is 1. The number of hydrogen-bond donors (Lipinski definition) is 0. The highest BCUT2D eigenvalue weighted by Gasteiger charge is 2.19. The van der Waals surface area contributed by atoms with E-state index >= 15 is 0 Å². The van der Waals surface area contributed by atoms with E-state index in [0.29, 0.717) is 5.82 Å². The van der Waals surface area contributed by atoms with Gasteiger partial charge < -0.3 is 4.42 Å². The Morgan fingerprint density at radius 3 is 1.88 bits per heavy atom. The normalized spacial score (nSPS) is 11.6. The molecule has 4 aromatic heterocycles. The van der Waals surface area contributed by atoms with Crippen LogP contribution >= 0.6 is 11.3 Å². The Labute approximate surface area is 327 Å². The molecular formula is C51H31N3OS. The number of nitrogens with zero attached hydrogens (tertiary/aromatic N) is 3. The number of fused-ring (bicyclic) bond motifs is 6. The second-order valence-corrected chi connectivity index (χ2v) is 15.1. The van der Waals surface area contributed by atoms with Gasteiger partial charge in [-0.3, -0.25) is 4.98 Å². The van der Waals surface area contributed by atoms with Crippen molar-refractivity contribution < 1.29 is 4.42 Å². The van der Waals surface area contributed by atoms with Gasteiger partial charge in [0.1, 0.15) is 11.2 Å². The molecule has 0 saturated heterocycles. The minimum atomic E-state index is 0.678. The van der Waals surface area contributed by atoms with Crippen LogP contribution in [-0.4, -0.2) is 15.0 Å². The van der Waals surface area contributed by atoms with Gasteiger partial charge in [-0.15, -0.1) is 11.3 Å². The number of pyridine rings is 1. The van der Waals surface area contributed by atoms with Crippen LogP contribution in [0.4, 0.5) is 0 Å². The lowest BCUT2D eigenvalue weighted by Gasteiger charge is -2.12. The Morgan fingerprint density at radius 1 is 0.393 bits per heavy atom. The van der Waals surface area contributed by atoms with E-state index in [1.165, 1.54) is 20.2 Å². The number of benzene rings is 7. The number of aromatic nitrogens is 3. The molecule has 0 fully saturated rings. The zero-order valence-electron chi connectivity index (χ0n) is 30.1. The third-order valence-corrected chi connectivity index (χ3v) is 11.8. The molecule has 0 N–H and O–H groups in total. The van der Waals surface area contributed by atoms with Crippen LogP contribution in [0.3, 0.4) is 0 Å². The maximum absolute atomic E-state index is 6.69. The lowest BCUT2D eigenvalue weighted by atomic mass is 9.93. The van der Waals surface area contributed by atoms with Crippen LogP contribution < -0.4 is 0 Å². The van der Waals surface area contributed by atoms with Crippen LogP contribution in [0.5, 0.6) is 0 Å². The first-order valence-corrected chi connectivity index (χ1v) is 19.5. The highest BCUT2D eigenvalue weighted by atomic mass is 32.1. The number of furan rings is 1. The van der Waals surface area contributed by atoms with Gasteiger partial charge in [0.2, 0.25) is 0 Å². The van der Waals surface area contributed by atoms with Crippen molar-refractivity contribution in [3.8, 4) is 67.3 Å². The molecule has 262 valence electrons. The topological polar surface area (TPSA) is 51.8 Å². The molecule has 0 radical (unpaired) electrons. The Balaban J connectivity index is 1.02. The first-order valence-electron chi connectivity index (χ1n) is 18.7. The maximum atomic E-state index is 6.69. The van der Waals surface area contributed by atoms with Crippen molar-refractivity contribution >= 4 is 53.4 Å². The van der Waals surface area contributed by atoms with Crippen LogP contribution in [0, 0.1) is 0 Å². The largest absolute Gasteiger partial charge is 0.455 e. The third kappa shape index (κ3) is 5.56. The number of hydrogen-bond acceptors (Lipinski definition) is 5. The molecule has 0 spiro atoms. The molecule has 0 bridgehead atoms. The Bertz CT molecular complexity index is 3240. The van der Waals surface area contributed by atoms with Gasteiger partial charge in [0.25, 0.3) is 0 Å². The van der Waals surface area contributed by atoms with Gasteiger partial charge in [0.15, 0.2) is 5.82 Å². The molecule has 0 atom stereocenters. The molecule has 4 nitrogen and oxygen atoms in total. The molecule has 0 unspecified atom stereocenters. The molecule has 0 aliphatic rings. The second-order valence-electron chi connectivity index (χ2n) is 14.0. The molecule has 0 aliphatic carbocycles. The van der Waals surface area contributed by atoms with Crippen molar-refractivity contribution in [1.82, 2.24) is 15.0 Å². The highest BCUT2D eigenvalue weighted by molar-refractivity contribution is 7.25. The molecule has 4 heterocycles. The van der Waals surface area contributed by atoms with Gasteiger partial charge in [-0.05, 0) is 76.3 Å². The monoisotopic (exact) mass is 733 g/mol. The molecule has 0 aliphatic heterocycles. The van der Waals surface area contributed by atoms with Gasteiger partial charge in [-0.1, -0.05) is 127 Å². The minimum Gasteiger partial charge on any atom is -0.455 e. The smallest absolute Gasteiger partial charge is 0.160 e. The van der Waals surface area contributed by atoms with Crippen LogP contribution in [0.1, 0.15) is 0 Å². The molecule has 5 heteroatoms. The average molecular weight is 734 g/mol. The van der Waals surface area contributed by atoms with Gasteiger partial charge in [0.05, 0.1) is 11.4 Å². The standard InChI is InChI=1S/C51H31N3OS/c1-2-9-34(10-3-1)44-31-45(54-51(53-44)38-12-8-11-36(29-38)32-25-27-52-28-26-32)35-19-17-33(18-20-35)39-23-24-40(50-49(39)43-14-4-6-15-46(43)55-50)37-21-22-42-41-13-5-7-16-47(41)56-48(42)30-37/h1-31H. The fraction of sp³-hybridized carbons (Fsp3) is 0. The summed E-state index contributed by atoms with van der Waals surface area (Å²) in [7, 11) is 0. The van der Waals surface area contributed by atoms with Gasteiger partial charge in [-0.25, -0.2) is 9.97 Å². The fourth-order valence-corrected chi connectivity index (χ4v) is 9.02. The van der Waals surface area contributed by atoms with E-state index in [4.69, 9.17) is 14.4 Å². The predicted octanol–water partition coefficient (Wildman–Crippen LogP) is 14.1. The quantitative estimate of drug-likeness (QED) is 0.171. The Hall–Kier alpha value is -7.21. The Morgan fingerprint density at radius 2 is 1.04 bits per heavy atom. The number of rotatable bonds is 6. The highest BCUT2D eigenvalue weighted by Crippen LogP contribution is 2.44. The summed E-state index contributed by atoms with van der Waals surface area (Å²) in [4.78, 5) is 14.4. The SMILES string of the molecule is c1ccc(-c2cc(-c3ccc(-c4ccc(-c5ccc6c(c5)sc5ccccc56)c5oc6ccccc6c45)cc3)nc(-c3cccc(-c4ccncc4)c3)n2)cc1. The lowest BCUT2D eigenvalue weighted by molar-refractivity contribution is 0.670. The fourth-order valence-electron chi connectivity index (χ4n) is 7.87. The summed E-state index contributed by atoms with van der Waals surface area (Å²) in [6, 6.07) is 61.8. The molecule has 11 rings (SSSR count). The maximum Gasteiger partial charge on any atom is 0.160 e. The molecule has 7 aromatic carbocycles. The predicted molar refractivity (Wildman–Crippen MR) is 233 cm³/mol. The summed E-state index contributed by atoms with van der Waals surface area (Å²) in [5.41, 5.74) is 13.2. The van der Waals surface area contributed by atoms with Crippen molar-refractivity contribution in [2.75, 3.05) is 0 Å². The molecular weight excluding hydrogens is 703 g/mol. The molecule has 0 saturated carbocycles. The van der Waals surface area contributed by atoms with E-state index in [0.717, 1.165) is 83.4 Å². The van der Waals surface area contributed by atoms with Gasteiger partial charge in [0, 0.05) is 65.6 Å². The minimum absolute atomic E-state index is 0.678. The lowest BCUT2D eigenvalue weighted by Crippen LogP contribution is -1.96. The molecule has 56 heavy (non-hydrogen) atoms. The molecule has 11 aromatic rings. The van der Waals surface area contributed by atoms with Crippen LogP contribution in [-0.2, 0) is 0 Å². The van der Waals surface area contributed by atoms with E-state index in [1.807, 2.05) is 60.1 Å². The van der Waals surface area contributed by atoms with Crippen LogP contribution in [0.25, 0.3) is 109 Å². The van der Waals surface area contributed by atoms with Gasteiger partial charge in [-0.2, -0.15) is 0 Å². The van der Waals surface area contributed by atoms with E-state index in [-0.39, 0.29) is 0 Å². The van der Waals surface area contributed by atoms with Crippen LogP contribution in [0.15, 0.2) is 193 Å². The average Bonchev–Trinajstić information content (AvgIpc) is 3.85. The van der Waals surface area contributed by atoms with Crippen LogP contribution in [0.2, 0.25) is 0 Å². The van der Waals surface area contributed by atoms with E-state index in [1.54, 1.807) is 0 Å². The summed E-state index contributed by atoms with van der Waals surface area (Å²) in [6.07, 6.45) is 3.63. The number of thiophene rings is 1. The van der Waals surface area contributed by atoms with Crippen molar-refractivity contribution in [3.63, 3.8) is 0 Å². The van der Waals surface area contributed by atoms with E-state index in [2.05, 4.69) is 145 Å². The second kappa shape index (κ2) is 13.3. The third-order valence-electron chi connectivity index (χ3n) is 10.6. The summed E-state index contributed by atoms with van der Waals surface area (Å²) in [6.45, 7) is 0. The van der Waals surface area contributed by atoms with Crippen molar-refractivity contribution in [2.24, 2.45) is 0 Å². The molecule has 0 amide bonds. The van der Waals surface area contributed by atoms with Gasteiger partial charge >= 0.3 is 0 Å². The van der Waals surface area contributed by atoms with E-state index < -0.39 is 0 Å². The summed E-state index contributed by atoms with van der Waals surface area (Å²) in [5, 5.41) is 4.81. The zero-order valence-corrected chi connectivity index (χ0v) is 30.9. The first-order chi connectivity index (χ1) is 27.7. The van der Waals surface area contributed by atoms with E-state index in [9.17, 15) is 0 Å². The first kappa shape index (κ1) is 32.2. The summed E-state index contributed by atoms with van der Waals surface area (Å²) in [5.74, 6) is 0.678. The van der Waals surface area contributed by atoms with Crippen molar-refractivity contribution in [2.45, 2.75) is 0 Å². The summed E-state index contributed by atoms with van der Waals surface area (Å²) < 4.78 is 9.27. The van der Waals surface area contributed by atoms with Crippen molar-refractivity contribution in [1.29, 1.82) is 0 Å². The zero-order chi connectivity index (χ0) is 37.0.